The fourth-order valence-corrected chi connectivity index (χ4v) is 2.69. The van der Waals surface area contributed by atoms with Crippen LogP contribution in [0.3, 0.4) is 0 Å². The van der Waals surface area contributed by atoms with Crippen molar-refractivity contribution in [2.75, 3.05) is 0 Å². The molecule has 4 heteroatoms. The monoisotopic (exact) mass is 296 g/mol. The minimum Gasteiger partial charge on any atom is -0.332 e. The number of piperidine rings is 1. The molecule has 1 fully saturated rings. The zero-order valence-electron chi connectivity index (χ0n) is 10.2. The standard InChI is InChI=1S/C13H17BrN2O/c1-9-4-3-5-10(2)16(9)13(17)12-7-6-11(14)8-15-12/h6-10H,3-5H2,1-2H3. The molecule has 0 aliphatic carbocycles. The lowest BCUT2D eigenvalue weighted by Gasteiger charge is -2.38. The second-order valence-corrected chi connectivity index (χ2v) is 5.62. The minimum atomic E-state index is 0.0530. The Bertz CT molecular complexity index is 394. The summed E-state index contributed by atoms with van der Waals surface area (Å²) in [6.45, 7) is 4.23. The van der Waals surface area contributed by atoms with Crippen molar-refractivity contribution in [1.82, 2.24) is 9.88 Å². The summed E-state index contributed by atoms with van der Waals surface area (Å²) < 4.78 is 0.897. The molecule has 0 spiro atoms. The van der Waals surface area contributed by atoms with Gasteiger partial charge in [0.15, 0.2) is 0 Å². The van der Waals surface area contributed by atoms with Crippen LogP contribution in [0.15, 0.2) is 22.8 Å². The maximum Gasteiger partial charge on any atom is 0.272 e. The van der Waals surface area contributed by atoms with E-state index in [1.165, 1.54) is 6.42 Å². The highest BCUT2D eigenvalue weighted by Gasteiger charge is 2.30. The molecule has 1 aromatic heterocycles. The predicted molar refractivity (Wildman–Crippen MR) is 70.9 cm³/mol. The van der Waals surface area contributed by atoms with Crippen LogP contribution in [-0.2, 0) is 0 Å². The van der Waals surface area contributed by atoms with Gasteiger partial charge < -0.3 is 4.90 Å². The number of aromatic nitrogens is 1. The fraction of sp³-hybridized carbons (Fsp3) is 0.538. The van der Waals surface area contributed by atoms with Gasteiger partial charge in [0.05, 0.1) is 0 Å². The first-order chi connectivity index (χ1) is 8.09. The van der Waals surface area contributed by atoms with Crippen molar-refractivity contribution >= 4 is 21.8 Å². The third-order valence-corrected chi connectivity index (χ3v) is 3.84. The number of carbonyl (C=O) groups excluding carboxylic acids is 1. The Morgan fingerprint density at radius 3 is 2.53 bits per heavy atom. The normalized spacial score (nSPS) is 24.8. The molecular formula is C13H17BrN2O. The molecule has 92 valence electrons. The number of pyridine rings is 1. The number of carbonyl (C=O) groups is 1. The lowest BCUT2D eigenvalue weighted by Crippen LogP contribution is -2.47. The van der Waals surface area contributed by atoms with Crippen molar-refractivity contribution in [3.63, 3.8) is 0 Å². The third kappa shape index (κ3) is 2.68. The Labute approximate surface area is 110 Å². The number of hydrogen-bond donors (Lipinski definition) is 0. The molecule has 0 radical (unpaired) electrons. The van der Waals surface area contributed by atoms with Gasteiger partial charge in [-0.3, -0.25) is 4.79 Å². The van der Waals surface area contributed by atoms with Gasteiger partial charge in [0, 0.05) is 22.8 Å². The maximum atomic E-state index is 12.4. The van der Waals surface area contributed by atoms with Crippen LogP contribution in [0.25, 0.3) is 0 Å². The summed E-state index contributed by atoms with van der Waals surface area (Å²) in [6.07, 6.45) is 5.06. The van der Waals surface area contributed by atoms with Crippen LogP contribution in [0, 0.1) is 0 Å². The molecule has 0 N–H and O–H groups in total. The Morgan fingerprint density at radius 1 is 1.35 bits per heavy atom. The van der Waals surface area contributed by atoms with E-state index in [4.69, 9.17) is 0 Å². The lowest BCUT2D eigenvalue weighted by atomic mass is 9.97. The molecule has 3 nitrogen and oxygen atoms in total. The maximum absolute atomic E-state index is 12.4. The summed E-state index contributed by atoms with van der Waals surface area (Å²) in [4.78, 5) is 18.5. The number of rotatable bonds is 1. The summed E-state index contributed by atoms with van der Waals surface area (Å²) >= 11 is 3.33. The number of hydrogen-bond acceptors (Lipinski definition) is 2. The first kappa shape index (κ1) is 12.6. The van der Waals surface area contributed by atoms with Crippen molar-refractivity contribution in [3.8, 4) is 0 Å². The zero-order chi connectivity index (χ0) is 12.4. The Hall–Kier alpha value is -0.900. The molecule has 1 aliphatic rings. The van der Waals surface area contributed by atoms with Crippen molar-refractivity contribution < 1.29 is 4.79 Å². The molecule has 2 heterocycles. The van der Waals surface area contributed by atoms with Crippen molar-refractivity contribution in [2.24, 2.45) is 0 Å². The summed E-state index contributed by atoms with van der Waals surface area (Å²) in [5, 5.41) is 0. The highest BCUT2D eigenvalue weighted by molar-refractivity contribution is 9.10. The minimum absolute atomic E-state index is 0.0530. The number of likely N-dealkylation sites (tertiary alicyclic amines) is 1. The van der Waals surface area contributed by atoms with Crippen LogP contribution >= 0.6 is 15.9 Å². The lowest BCUT2D eigenvalue weighted by molar-refractivity contribution is 0.0504. The topological polar surface area (TPSA) is 33.2 Å². The SMILES string of the molecule is CC1CCCC(C)N1C(=O)c1ccc(Br)cn1. The van der Waals surface area contributed by atoms with E-state index in [1.807, 2.05) is 11.0 Å². The Kier molecular flexibility index (Phi) is 3.82. The van der Waals surface area contributed by atoms with Gasteiger partial charge in [-0.15, -0.1) is 0 Å². The van der Waals surface area contributed by atoms with Crippen LogP contribution in [0.5, 0.6) is 0 Å². The van der Waals surface area contributed by atoms with E-state index in [9.17, 15) is 4.79 Å². The quantitative estimate of drug-likeness (QED) is 0.797. The molecule has 0 aromatic carbocycles. The van der Waals surface area contributed by atoms with E-state index in [0.29, 0.717) is 17.8 Å². The van der Waals surface area contributed by atoms with Crippen LogP contribution < -0.4 is 0 Å². The first-order valence-electron chi connectivity index (χ1n) is 6.04. The molecule has 1 amide bonds. The fourth-order valence-electron chi connectivity index (χ4n) is 2.46. The second kappa shape index (κ2) is 5.17. The van der Waals surface area contributed by atoms with Crippen molar-refractivity contribution in [2.45, 2.75) is 45.2 Å². The van der Waals surface area contributed by atoms with Crippen LogP contribution in [-0.4, -0.2) is 27.9 Å². The van der Waals surface area contributed by atoms with Gasteiger partial charge in [-0.05, 0) is 61.2 Å². The van der Waals surface area contributed by atoms with Gasteiger partial charge in [-0.2, -0.15) is 0 Å². The smallest absolute Gasteiger partial charge is 0.272 e. The molecule has 1 saturated heterocycles. The van der Waals surface area contributed by atoms with Gasteiger partial charge in [-0.1, -0.05) is 0 Å². The summed E-state index contributed by atoms with van der Waals surface area (Å²) in [6, 6.07) is 4.27. The number of amides is 1. The number of nitrogens with zero attached hydrogens (tertiary/aromatic N) is 2. The molecule has 2 unspecified atom stereocenters. The Morgan fingerprint density at radius 2 is 2.00 bits per heavy atom. The van der Waals surface area contributed by atoms with E-state index < -0.39 is 0 Å². The van der Waals surface area contributed by atoms with Crippen molar-refractivity contribution in [1.29, 1.82) is 0 Å². The Balaban J connectivity index is 2.20. The van der Waals surface area contributed by atoms with E-state index in [2.05, 4.69) is 34.8 Å². The molecule has 1 aromatic rings. The summed E-state index contributed by atoms with van der Waals surface area (Å²) in [7, 11) is 0. The molecule has 2 rings (SSSR count). The van der Waals surface area contributed by atoms with E-state index in [0.717, 1.165) is 17.3 Å². The van der Waals surface area contributed by atoms with Gasteiger partial charge in [0.1, 0.15) is 5.69 Å². The molecule has 0 saturated carbocycles. The van der Waals surface area contributed by atoms with Gasteiger partial charge >= 0.3 is 0 Å². The van der Waals surface area contributed by atoms with Gasteiger partial charge in [0.25, 0.3) is 5.91 Å². The third-order valence-electron chi connectivity index (χ3n) is 3.37. The molecular weight excluding hydrogens is 280 g/mol. The first-order valence-corrected chi connectivity index (χ1v) is 6.83. The van der Waals surface area contributed by atoms with E-state index in [-0.39, 0.29) is 5.91 Å². The van der Waals surface area contributed by atoms with Crippen LogP contribution in [0.2, 0.25) is 0 Å². The summed E-state index contributed by atoms with van der Waals surface area (Å²) in [5.41, 5.74) is 0.536. The average molecular weight is 297 g/mol. The van der Waals surface area contributed by atoms with Crippen molar-refractivity contribution in [3.05, 3.63) is 28.5 Å². The zero-order valence-corrected chi connectivity index (χ0v) is 11.8. The van der Waals surface area contributed by atoms with Gasteiger partial charge in [0.2, 0.25) is 0 Å². The molecule has 0 bridgehead atoms. The second-order valence-electron chi connectivity index (χ2n) is 4.70. The molecule has 2 atom stereocenters. The van der Waals surface area contributed by atoms with E-state index >= 15 is 0 Å². The molecule has 1 aliphatic heterocycles. The van der Waals surface area contributed by atoms with Crippen LogP contribution in [0.4, 0.5) is 0 Å². The van der Waals surface area contributed by atoms with Crippen LogP contribution in [0.1, 0.15) is 43.6 Å². The van der Waals surface area contributed by atoms with Gasteiger partial charge in [-0.25, -0.2) is 4.98 Å². The average Bonchev–Trinajstić information content (AvgIpc) is 2.29. The highest BCUT2D eigenvalue weighted by Crippen LogP contribution is 2.24. The largest absolute Gasteiger partial charge is 0.332 e. The van der Waals surface area contributed by atoms with E-state index in [1.54, 1.807) is 12.3 Å². The highest BCUT2D eigenvalue weighted by atomic mass is 79.9. The molecule has 17 heavy (non-hydrogen) atoms. The number of halogens is 1. The predicted octanol–water partition coefficient (Wildman–Crippen LogP) is 3.25. The summed E-state index contributed by atoms with van der Waals surface area (Å²) in [5.74, 6) is 0.0530.